The van der Waals surface area contributed by atoms with Gasteiger partial charge in [0.2, 0.25) is 5.91 Å². The molecule has 1 aliphatic heterocycles. The van der Waals surface area contributed by atoms with E-state index in [2.05, 4.69) is 0 Å². The molecule has 0 atom stereocenters. The minimum absolute atomic E-state index is 0.0594. The molecule has 0 aliphatic carbocycles. The monoisotopic (exact) mass is 336 g/mol. The fourth-order valence-corrected chi connectivity index (χ4v) is 3.23. The molecule has 0 spiro atoms. The Morgan fingerprint density at radius 2 is 1.36 bits per heavy atom. The maximum atomic E-state index is 12.7. The van der Waals surface area contributed by atoms with E-state index in [1.54, 1.807) is 0 Å². The standard InChI is InChI=1S/C21H24N2O2/c1-16-7-3-5-9-18(16)15-20(24)22-11-13-23(14-12-22)21(25)19-10-6-4-8-17(19)2/h3-10H,11-15H2,1-2H3. The molecule has 130 valence electrons. The Bertz CT molecular complexity index is 777. The number of amides is 2. The van der Waals surface area contributed by atoms with E-state index in [0.29, 0.717) is 32.6 Å². The molecular weight excluding hydrogens is 312 g/mol. The van der Waals surface area contributed by atoms with Crippen LogP contribution < -0.4 is 0 Å². The van der Waals surface area contributed by atoms with Gasteiger partial charge in [0.25, 0.3) is 5.91 Å². The molecule has 1 saturated heterocycles. The SMILES string of the molecule is Cc1ccccc1CC(=O)N1CCN(C(=O)c2ccccc2C)CC1. The van der Waals surface area contributed by atoms with Crippen LogP contribution in [0.5, 0.6) is 0 Å². The maximum absolute atomic E-state index is 12.7. The Kier molecular flexibility index (Phi) is 5.17. The van der Waals surface area contributed by atoms with Crippen molar-refractivity contribution in [1.82, 2.24) is 9.80 Å². The second kappa shape index (κ2) is 7.51. The van der Waals surface area contributed by atoms with Crippen molar-refractivity contribution in [1.29, 1.82) is 0 Å². The van der Waals surface area contributed by atoms with E-state index in [1.807, 2.05) is 72.2 Å². The summed E-state index contributed by atoms with van der Waals surface area (Å²) in [6, 6.07) is 15.6. The van der Waals surface area contributed by atoms with Gasteiger partial charge in [-0.05, 0) is 36.6 Å². The molecular formula is C21H24N2O2. The van der Waals surface area contributed by atoms with Gasteiger partial charge in [0, 0.05) is 31.7 Å². The summed E-state index contributed by atoms with van der Waals surface area (Å²) in [5.74, 6) is 0.196. The van der Waals surface area contributed by atoms with Crippen LogP contribution in [0.25, 0.3) is 0 Å². The van der Waals surface area contributed by atoms with Crippen LogP contribution in [0.2, 0.25) is 0 Å². The van der Waals surface area contributed by atoms with E-state index in [4.69, 9.17) is 0 Å². The van der Waals surface area contributed by atoms with Crippen molar-refractivity contribution in [3.05, 3.63) is 70.8 Å². The fraction of sp³-hybridized carbons (Fsp3) is 0.333. The first kappa shape index (κ1) is 17.2. The molecule has 3 rings (SSSR count). The van der Waals surface area contributed by atoms with Crippen LogP contribution in [-0.4, -0.2) is 47.8 Å². The van der Waals surface area contributed by atoms with Gasteiger partial charge in [-0.3, -0.25) is 9.59 Å². The van der Waals surface area contributed by atoms with Gasteiger partial charge in [-0.25, -0.2) is 0 Å². The highest BCUT2D eigenvalue weighted by atomic mass is 16.2. The minimum Gasteiger partial charge on any atom is -0.339 e. The molecule has 2 amide bonds. The van der Waals surface area contributed by atoms with Crippen LogP contribution in [0.4, 0.5) is 0 Å². The third-order valence-electron chi connectivity index (χ3n) is 4.90. The van der Waals surface area contributed by atoms with Crippen LogP contribution in [0.3, 0.4) is 0 Å². The van der Waals surface area contributed by atoms with Gasteiger partial charge >= 0.3 is 0 Å². The van der Waals surface area contributed by atoms with Gasteiger partial charge in [0.05, 0.1) is 6.42 Å². The molecule has 0 aromatic heterocycles. The molecule has 1 fully saturated rings. The van der Waals surface area contributed by atoms with E-state index in [9.17, 15) is 9.59 Å². The third-order valence-corrected chi connectivity index (χ3v) is 4.90. The zero-order valence-corrected chi connectivity index (χ0v) is 14.9. The lowest BCUT2D eigenvalue weighted by atomic mass is 10.0. The second-order valence-electron chi connectivity index (χ2n) is 6.59. The quantitative estimate of drug-likeness (QED) is 0.865. The summed E-state index contributed by atoms with van der Waals surface area (Å²) in [4.78, 5) is 28.9. The minimum atomic E-state index is 0.0594. The zero-order chi connectivity index (χ0) is 17.8. The van der Waals surface area contributed by atoms with Crippen molar-refractivity contribution in [2.45, 2.75) is 20.3 Å². The van der Waals surface area contributed by atoms with Crippen LogP contribution in [-0.2, 0) is 11.2 Å². The first-order valence-corrected chi connectivity index (χ1v) is 8.73. The average Bonchev–Trinajstić information content (AvgIpc) is 2.63. The highest BCUT2D eigenvalue weighted by molar-refractivity contribution is 5.95. The number of aryl methyl sites for hydroxylation is 2. The molecule has 0 saturated carbocycles. The highest BCUT2D eigenvalue weighted by Gasteiger charge is 2.25. The van der Waals surface area contributed by atoms with E-state index < -0.39 is 0 Å². The normalized spacial score (nSPS) is 14.5. The number of piperazine rings is 1. The van der Waals surface area contributed by atoms with Gasteiger partial charge in [-0.15, -0.1) is 0 Å². The number of rotatable bonds is 3. The summed E-state index contributed by atoms with van der Waals surface area (Å²) in [5, 5.41) is 0. The number of carbonyl (C=O) groups excluding carboxylic acids is 2. The molecule has 0 bridgehead atoms. The first-order valence-electron chi connectivity index (χ1n) is 8.73. The van der Waals surface area contributed by atoms with Crippen molar-refractivity contribution < 1.29 is 9.59 Å². The van der Waals surface area contributed by atoms with Crippen molar-refractivity contribution in [2.24, 2.45) is 0 Å². The molecule has 2 aromatic rings. The van der Waals surface area contributed by atoms with E-state index in [1.165, 1.54) is 0 Å². The Hall–Kier alpha value is -2.62. The van der Waals surface area contributed by atoms with Gasteiger partial charge in [0.1, 0.15) is 0 Å². The van der Waals surface area contributed by atoms with Crippen LogP contribution in [0.1, 0.15) is 27.0 Å². The molecule has 25 heavy (non-hydrogen) atoms. The average molecular weight is 336 g/mol. The van der Waals surface area contributed by atoms with Gasteiger partial charge in [-0.2, -0.15) is 0 Å². The topological polar surface area (TPSA) is 40.6 Å². The Balaban J connectivity index is 1.58. The summed E-state index contributed by atoms with van der Waals surface area (Å²) in [6.45, 7) is 6.36. The van der Waals surface area contributed by atoms with Crippen molar-refractivity contribution in [2.75, 3.05) is 26.2 Å². The summed E-state index contributed by atoms with van der Waals surface area (Å²) >= 11 is 0. The summed E-state index contributed by atoms with van der Waals surface area (Å²) < 4.78 is 0. The smallest absolute Gasteiger partial charge is 0.254 e. The van der Waals surface area contributed by atoms with Gasteiger partial charge in [-0.1, -0.05) is 42.5 Å². The first-order chi connectivity index (χ1) is 12.1. The van der Waals surface area contributed by atoms with Crippen LogP contribution >= 0.6 is 0 Å². The fourth-order valence-electron chi connectivity index (χ4n) is 3.23. The number of carbonyl (C=O) groups is 2. The Morgan fingerprint density at radius 3 is 2.00 bits per heavy atom. The summed E-state index contributed by atoms with van der Waals surface area (Å²) in [7, 11) is 0. The molecule has 1 aliphatic rings. The summed E-state index contributed by atoms with van der Waals surface area (Å²) in [6.07, 6.45) is 0.429. The maximum Gasteiger partial charge on any atom is 0.254 e. The Morgan fingerprint density at radius 1 is 0.800 bits per heavy atom. The predicted octanol–water partition coefficient (Wildman–Crippen LogP) is 2.83. The molecule has 2 aromatic carbocycles. The zero-order valence-electron chi connectivity index (χ0n) is 14.9. The van der Waals surface area contributed by atoms with Crippen LogP contribution in [0, 0.1) is 13.8 Å². The number of nitrogens with zero attached hydrogens (tertiary/aromatic N) is 2. The van der Waals surface area contributed by atoms with E-state index in [-0.39, 0.29) is 11.8 Å². The lowest BCUT2D eigenvalue weighted by Crippen LogP contribution is -2.51. The lowest BCUT2D eigenvalue weighted by molar-refractivity contribution is -0.131. The van der Waals surface area contributed by atoms with E-state index in [0.717, 1.165) is 22.3 Å². The van der Waals surface area contributed by atoms with Crippen LogP contribution in [0.15, 0.2) is 48.5 Å². The number of hydrogen-bond donors (Lipinski definition) is 0. The molecule has 0 N–H and O–H groups in total. The second-order valence-corrected chi connectivity index (χ2v) is 6.59. The highest BCUT2D eigenvalue weighted by Crippen LogP contribution is 2.14. The van der Waals surface area contributed by atoms with Gasteiger partial charge in [0.15, 0.2) is 0 Å². The summed E-state index contributed by atoms with van der Waals surface area (Å²) in [5.41, 5.74) is 3.96. The van der Waals surface area contributed by atoms with Crippen molar-refractivity contribution in [3.63, 3.8) is 0 Å². The van der Waals surface area contributed by atoms with E-state index >= 15 is 0 Å². The van der Waals surface area contributed by atoms with Crippen molar-refractivity contribution in [3.8, 4) is 0 Å². The van der Waals surface area contributed by atoms with Crippen molar-refractivity contribution >= 4 is 11.8 Å². The molecule has 4 heteroatoms. The molecule has 0 radical (unpaired) electrons. The third kappa shape index (κ3) is 3.90. The Labute approximate surface area is 149 Å². The number of hydrogen-bond acceptors (Lipinski definition) is 2. The molecule has 1 heterocycles. The molecule has 4 nitrogen and oxygen atoms in total. The largest absolute Gasteiger partial charge is 0.339 e. The lowest BCUT2D eigenvalue weighted by Gasteiger charge is -2.35. The molecule has 0 unspecified atom stereocenters. The number of benzene rings is 2. The van der Waals surface area contributed by atoms with Gasteiger partial charge < -0.3 is 9.80 Å². The predicted molar refractivity (Wildman–Crippen MR) is 98.5 cm³/mol.